The molecule has 0 aliphatic carbocycles. The largest absolute Gasteiger partial charge is 0.462 e. The average Bonchev–Trinajstić information content (AvgIpc) is 2.98. The maximum absolute atomic E-state index is 11.8. The van der Waals surface area contributed by atoms with E-state index in [1.165, 1.54) is 0 Å². The van der Waals surface area contributed by atoms with E-state index < -0.39 is 5.97 Å². The third-order valence-corrected chi connectivity index (χ3v) is 3.03. The van der Waals surface area contributed by atoms with E-state index in [4.69, 9.17) is 9.25 Å². The molecule has 0 fully saturated rings. The Morgan fingerprint density at radius 2 is 2.00 bits per heavy atom. The Bertz CT molecular complexity index is 738. The van der Waals surface area contributed by atoms with Gasteiger partial charge < -0.3 is 9.25 Å². The van der Waals surface area contributed by atoms with Crippen molar-refractivity contribution in [1.29, 1.82) is 0 Å². The van der Waals surface area contributed by atoms with Gasteiger partial charge in [-0.2, -0.15) is 0 Å². The van der Waals surface area contributed by atoms with Gasteiger partial charge in [0.05, 0.1) is 5.57 Å². The molecule has 1 aromatic carbocycles. The number of carbonyl (C=O) groups is 1. The predicted octanol–water partition coefficient (Wildman–Crippen LogP) is 3.24. The summed E-state index contributed by atoms with van der Waals surface area (Å²) in [4.78, 5) is 16.6. The standard InChI is InChI=1S/C16H13NO3/c1-10-4-3-5-12(8-10)15-14(16(18)20-17-15)9-13-7-6-11(2)19-13/h3-9H,1-2H3. The van der Waals surface area contributed by atoms with Crippen molar-refractivity contribution in [2.45, 2.75) is 13.8 Å². The molecular formula is C16H13NO3. The highest BCUT2D eigenvalue weighted by Crippen LogP contribution is 2.22. The lowest BCUT2D eigenvalue weighted by Crippen LogP contribution is -2.06. The Morgan fingerprint density at radius 3 is 2.70 bits per heavy atom. The van der Waals surface area contributed by atoms with E-state index in [2.05, 4.69) is 5.16 Å². The average molecular weight is 267 g/mol. The van der Waals surface area contributed by atoms with E-state index in [9.17, 15) is 4.79 Å². The van der Waals surface area contributed by atoms with Crippen LogP contribution in [0, 0.1) is 13.8 Å². The fourth-order valence-electron chi connectivity index (χ4n) is 2.08. The molecule has 2 heterocycles. The minimum atomic E-state index is -0.462. The van der Waals surface area contributed by atoms with Crippen molar-refractivity contribution in [3.8, 4) is 0 Å². The van der Waals surface area contributed by atoms with Crippen LogP contribution < -0.4 is 0 Å². The second kappa shape index (κ2) is 4.81. The second-order valence-corrected chi connectivity index (χ2v) is 4.69. The number of carbonyl (C=O) groups excluding carboxylic acids is 1. The highest BCUT2D eigenvalue weighted by molar-refractivity contribution is 6.31. The maximum atomic E-state index is 11.8. The zero-order valence-corrected chi connectivity index (χ0v) is 11.2. The molecule has 0 saturated heterocycles. The van der Waals surface area contributed by atoms with Gasteiger partial charge in [-0.05, 0) is 38.1 Å². The van der Waals surface area contributed by atoms with Gasteiger partial charge in [0.2, 0.25) is 0 Å². The normalized spacial score (nSPS) is 16.4. The molecule has 0 atom stereocenters. The van der Waals surface area contributed by atoms with E-state index in [0.29, 0.717) is 17.0 Å². The molecule has 20 heavy (non-hydrogen) atoms. The minimum Gasteiger partial charge on any atom is -0.462 e. The van der Waals surface area contributed by atoms with Crippen LogP contribution in [0.15, 0.2) is 51.5 Å². The summed E-state index contributed by atoms with van der Waals surface area (Å²) in [6.45, 7) is 3.84. The summed E-state index contributed by atoms with van der Waals surface area (Å²) >= 11 is 0. The Morgan fingerprint density at radius 1 is 1.15 bits per heavy atom. The molecular weight excluding hydrogens is 254 g/mol. The van der Waals surface area contributed by atoms with Crippen molar-refractivity contribution < 1.29 is 14.0 Å². The van der Waals surface area contributed by atoms with Gasteiger partial charge in [0.15, 0.2) is 0 Å². The molecule has 1 aliphatic heterocycles. The van der Waals surface area contributed by atoms with E-state index in [0.717, 1.165) is 16.9 Å². The van der Waals surface area contributed by atoms with Crippen LogP contribution >= 0.6 is 0 Å². The molecule has 1 aromatic heterocycles. The second-order valence-electron chi connectivity index (χ2n) is 4.69. The van der Waals surface area contributed by atoms with Crippen LogP contribution in [0.1, 0.15) is 22.6 Å². The van der Waals surface area contributed by atoms with Gasteiger partial charge in [-0.3, -0.25) is 0 Å². The quantitative estimate of drug-likeness (QED) is 0.620. The number of oxime groups is 1. The van der Waals surface area contributed by atoms with E-state index in [1.807, 2.05) is 50.2 Å². The lowest BCUT2D eigenvalue weighted by Gasteiger charge is -2.01. The van der Waals surface area contributed by atoms with Gasteiger partial charge in [-0.15, -0.1) is 0 Å². The minimum absolute atomic E-state index is 0.407. The summed E-state index contributed by atoms with van der Waals surface area (Å²) in [6, 6.07) is 11.4. The molecule has 0 unspecified atom stereocenters. The number of aryl methyl sites for hydroxylation is 2. The van der Waals surface area contributed by atoms with Crippen molar-refractivity contribution in [3.63, 3.8) is 0 Å². The van der Waals surface area contributed by atoms with Crippen LogP contribution in [0.25, 0.3) is 6.08 Å². The molecule has 3 rings (SSSR count). The Kier molecular flexibility index (Phi) is 2.99. The van der Waals surface area contributed by atoms with Crippen molar-refractivity contribution in [2.24, 2.45) is 5.16 Å². The highest BCUT2D eigenvalue weighted by Gasteiger charge is 2.27. The third-order valence-electron chi connectivity index (χ3n) is 3.03. The zero-order chi connectivity index (χ0) is 14.1. The first-order valence-electron chi connectivity index (χ1n) is 6.28. The van der Waals surface area contributed by atoms with Gasteiger partial charge in [-0.1, -0.05) is 28.9 Å². The molecule has 0 spiro atoms. The van der Waals surface area contributed by atoms with Gasteiger partial charge in [0.25, 0.3) is 0 Å². The molecule has 4 nitrogen and oxygen atoms in total. The summed E-state index contributed by atoms with van der Waals surface area (Å²) < 4.78 is 5.46. The van der Waals surface area contributed by atoms with E-state index >= 15 is 0 Å². The van der Waals surface area contributed by atoms with Gasteiger partial charge in [-0.25, -0.2) is 4.79 Å². The monoisotopic (exact) mass is 267 g/mol. The number of nitrogens with zero attached hydrogens (tertiary/aromatic N) is 1. The fourth-order valence-corrected chi connectivity index (χ4v) is 2.08. The van der Waals surface area contributed by atoms with Gasteiger partial charge in [0.1, 0.15) is 17.2 Å². The molecule has 4 heteroatoms. The van der Waals surface area contributed by atoms with Crippen LogP contribution in [0.2, 0.25) is 0 Å². The van der Waals surface area contributed by atoms with Crippen LogP contribution in [-0.2, 0) is 9.63 Å². The number of hydrogen-bond donors (Lipinski definition) is 0. The summed E-state index contributed by atoms with van der Waals surface area (Å²) in [5, 5.41) is 3.87. The molecule has 2 aromatic rings. The topological polar surface area (TPSA) is 51.8 Å². The lowest BCUT2D eigenvalue weighted by atomic mass is 10.0. The Labute approximate surface area is 116 Å². The van der Waals surface area contributed by atoms with Crippen LogP contribution in [0.4, 0.5) is 0 Å². The predicted molar refractivity (Wildman–Crippen MR) is 75.2 cm³/mol. The number of furan rings is 1. The highest BCUT2D eigenvalue weighted by atomic mass is 16.7. The molecule has 100 valence electrons. The van der Waals surface area contributed by atoms with Crippen molar-refractivity contribution in [1.82, 2.24) is 0 Å². The van der Waals surface area contributed by atoms with Crippen LogP contribution in [-0.4, -0.2) is 11.7 Å². The lowest BCUT2D eigenvalue weighted by molar-refractivity contribution is -0.136. The maximum Gasteiger partial charge on any atom is 0.368 e. The first-order chi connectivity index (χ1) is 9.63. The zero-order valence-electron chi connectivity index (χ0n) is 11.2. The summed E-state index contributed by atoms with van der Waals surface area (Å²) in [5.41, 5.74) is 2.89. The molecule has 1 aliphatic rings. The summed E-state index contributed by atoms with van der Waals surface area (Å²) in [5.74, 6) is 0.935. The summed E-state index contributed by atoms with van der Waals surface area (Å²) in [7, 11) is 0. The van der Waals surface area contributed by atoms with Crippen molar-refractivity contribution >= 4 is 17.8 Å². The van der Waals surface area contributed by atoms with Gasteiger partial charge >= 0.3 is 5.97 Å². The third kappa shape index (κ3) is 2.28. The fraction of sp³-hybridized carbons (Fsp3) is 0.125. The van der Waals surface area contributed by atoms with E-state index in [-0.39, 0.29) is 0 Å². The smallest absolute Gasteiger partial charge is 0.368 e. The molecule has 0 radical (unpaired) electrons. The van der Waals surface area contributed by atoms with Crippen molar-refractivity contribution in [2.75, 3.05) is 0 Å². The van der Waals surface area contributed by atoms with E-state index in [1.54, 1.807) is 6.08 Å². The Balaban J connectivity index is 2.02. The first-order valence-corrected chi connectivity index (χ1v) is 6.28. The molecule has 0 saturated carbocycles. The Hall–Kier alpha value is -2.62. The SMILES string of the molecule is Cc1cccc(C2=NOC(=O)C2=Cc2ccc(C)o2)c1. The van der Waals surface area contributed by atoms with Crippen LogP contribution in [0.3, 0.4) is 0 Å². The molecule has 0 N–H and O–H groups in total. The summed E-state index contributed by atoms with van der Waals surface area (Å²) in [6.07, 6.45) is 1.66. The number of benzene rings is 1. The number of hydrogen-bond acceptors (Lipinski definition) is 4. The first kappa shape index (κ1) is 12.4. The number of rotatable bonds is 2. The van der Waals surface area contributed by atoms with Crippen LogP contribution in [0.5, 0.6) is 0 Å². The van der Waals surface area contributed by atoms with Gasteiger partial charge in [0, 0.05) is 5.56 Å². The molecule has 0 bridgehead atoms. The van der Waals surface area contributed by atoms with Crippen molar-refractivity contribution in [3.05, 3.63) is 64.6 Å². The molecule has 0 amide bonds.